The van der Waals surface area contributed by atoms with Gasteiger partial charge in [0.1, 0.15) is 49.6 Å². The van der Waals surface area contributed by atoms with Crippen molar-refractivity contribution >= 4 is 32.6 Å². The number of aliphatic hydroxyl groups is 3. The minimum absolute atomic E-state index is 0.0374. The van der Waals surface area contributed by atoms with Crippen molar-refractivity contribution in [2.24, 2.45) is 0 Å². The Labute approximate surface area is 213 Å². The first kappa shape index (κ1) is 27.5. The van der Waals surface area contributed by atoms with E-state index in [1.54, 1.807) is 0 Å². The summed E-state index contributed by atoms with van der Waals surface area (Å²) in [5.74, 6) is 2.22. The van der Waals surface area contributed by atoms with Crippen molar-refractivity contribution in [1.82, 2.24) is 14.5 Å². The molecule has 0 aromatic carbocycles. The Balaban J connectivity index is 1.58. The minimum Gasteiger partial charge on any atom is -0.387 e. The fraction of sp³-hybridized carbons (Fsp3) is 0.611. The van der Waals surface area contributed by atoms with Crippen molar-refractivity contribution in [2.45, 2.75) is 49.1 Å². The topological polar surface area (TPSA) is 251 Å². The van der Waals surface area contributed by atoms with Gasteiger partial charge in [-0.3, -0.25) is 13.6 Å². The molecule has 2 unspecified atom stereocenters. The summed E-state index contributed by atoms with van der Waals surface area (Å²) < 4.78 is 57.9. The molecule has 208 valence electrons. The molecular formula is C18H24N5O13P2+. The van der Waals surface area contributed by atoms with Gasteiger partial charge < -0.3 is 45.1 Å². The number of imidazole rings is 1. The van der Waals surface area contributed by atoms with Gasteiger partial charge >= 0.3 is 15.6 Å². The predicted molar refractivity (Wildman–Crippen MR) is 119 cm³/mol. The lowest BCUT2D eigenvalue weighted by Crippen LogP contribution is -2.48. The lowest BCUT2D eigenvalue weighted by atomic mass is 10.1. The zero-order valence-electron chi connectivity index (χ0n) is 19.2. The second kappa shape index (κ2) is 10.2. The molecule has 2 saturated heterocycles. The Bertz CT molecular complexity index is 1350. The van der Waals surface area contributed by atoms with Crippen LogP contribution in [0.2, 0.25) is 0 Å². The number of anilines is 1. The highest BCUT2D eigenvalue weighted by atomic mass is 31.3. The molecule has 2 aromatic heterocycles. The molecule has 8 bridgehead atoms. The third-order valence-corrected chi connectivity index (χ3v) is 8.76. The molecule has 18 nitrogen and oxygen atoms in total. The number of phosphoric acid groups is 2. The van der Waals surface area contributed by atoms with Crippen LogP contribution >= 0.6 is 15.6 Å². The van der Waals surface area contributed by atoms with Crippen LogP contribution in [0.25, 0.3) is 11.2 Å². The lowest BCUT2D eigenvalue weighted by Gasteiger charge is -2.20. The summed E-state index contributed by atoms with van der Waals surface area (Å²) in [6, 6.07) is 0. The summed E-state index contributed by atoms with van der Waals surface area (Å²) in [5, 5.41) is 31.8. The summed E-state index contributed by atoms with van der Waals surface area (Å²) in [6.45, 7) is -1.86. The van der Waals surface area contributed by atoms with Gasteiger partial charge in [-0.15, -0.1) is 6.42 Å². The Morgan fingerprint density at radius 3 is 2.42 bits per heavy atom. The van der Waals surface area contributed by atoms with E-state index in [4.69, 9.17) is 30.9 Å². The van der Waals surface area contributed by atoms with E-state index in [1.165, 1.54) is 21.8 Å². The van der Waals surface area contributed by atoms with Crippen LogP contribution in [-0.2, 0) is 36.7 Å². The Hall–Kier alpha value is -2.07. The molecule has 38 heavy (non-hydrogen) atoms. The average Bonchev–Trinajstić information content (AvgIpc) is 3.49. The summed E-state index contributed by atoms with van der Waals surface area (Å²) in [7, 11) is -10.5. The number of aromatic nitrogens is 4. The summed E-state index contributed by atoms with van der Waals surface area (Å²) in [6.07, 6.45) is -3.20. The van der Waals surface area contributed by atoms with Gasteiger partial charge in [0.15, 0.2) is 11.7 Å². The van der Waals surface area contributed by atoms with Crippen LogP contribution < -0.4 is 10.3 Å². The van der Waals surface area contributed by atoms with Crippen LogP contribution in [0.3, 0.4) is 0 Å². The molecule has 6 rings (SSSR count). The number of hydrogen-bond donors (Lipinski definition) is 6. The maximum Gasteiger partial charge on any atom is 0.481 e. The van der Waals surface area contributed by atoms with Crippen molar-refractivity contribution in [2.75, 3.05) is 25.6 Å². The van der Waals surface area contributed by atoms with Crippen LogP contribution in [0.4, 0.5) is 5.82 Å². The third kappa shape index (κ3) is 4.98. The Kier molecular flexibility index (Phi) is 7.35. The van der Waals surface area contributed by atoms with E-state index in [1.807, 2.05) is 0 Å². The fourth-order valence-corrected chi connectivity index (χ4v) is 6.46. The van der Waals surface area contributed by atoms with E-state index in [0.717, 1.165) is 0 Å². The first-order valence-electron chi connectivity index (χ1n) is 11.0. The number of ether oxygens (including phenoxy) is 3. The number of nitrogens with zero attached hydrogens (tertiary/aromatic N) is 4. The van der Waals surface area contributed by atoms with E-state index in [0.29, 0.717) is 0 Å². The van der Waals surface area contributed by atoms with E-state index < -0.39 is 77.9 Å². The van der Waals surface area contributed by atoms with E-state index in [9.17, 15) is 34.2 Å². The number of nitrogen functional groups attached to an aromatic ring is 1. The largest absolute Gasteiger partial charge is 0.481 e. The van der Waals surface area contributed by atoms with Crippen molar-refractivity contribution in [3.05, 3.63) is 12.7 Å². The number of terminal acetylenes is 1. The average molecular weight is 580 g/mol. The number of fused-ring (bicyclic) bond motifs is 7. The molecule has 4 aliphatic heterocycles. The molecule has 0 spiro atoms. The molecule has 0 amide bonds. The molecular weight excluding hydrogens is 556 g/mol. The van der Waals surface area contributed by atoms with Gasteiger partial charge in [-0.25, -0.2) is 18.7 Å². The zero-order chi connectivity index (χ0) is 27.4. The molecule has 7 N–H and O–H groups in total. The highest BCUT2D eigenvalue weighted by Gasteiger charge is 2.50. The molecule has 2 aromatic rings. The van der Waals surface area contributed by atoms with Gasteiger partial charge in [0, 0.05) is 0 Å². The van der Waals surface area contributed by atoms with Gasteiger partial charge in [0.25, 0.3) is 5.82 Å². The van der Waals surface area contributed by atoms with Crippen molar-refractivity contribution < 1.29 is 66.4 Å². The van der Waals surface area contributed by atoms with Crippen LogP contribution in [0.15, 0.2) is 12.7 Å². The van der Waals surface area contributed by atoms with Gasteiger partial charge in [-0.2, -0.15) is 4.31 Å². The van der Waals surface area contributed by atoms with Crippen molar-refractivity contribution in [1.29, 1.82) is 0 Å². The first-order valence-corrected chi connectivity index (χ1v) is 14.0. The number of hydrogen-bond acceptors (Lipinski definition) is 14. The minimum atomic E-state index is -5.26. The van der Waals surface area contributed by atoms with Gasteiger partial charge in [0.2, 0.25) is 18.2 Å². The van der Waals surface area contributed by atoms with Crippen LogP contribution in [0.5, 0.6) is 0 Å². The van der Waals surface area contributed by atoms with Crippen LogP contribution in [0.1, 0.15) is 12.5 Å². The molecule has 4 aliphatic rings. The van der Waals surface area contributed by atoms with Gasteiger partial charge in [0.05, 0.1) is 13.2 Å². The normalized spacial score (nSPS) is 41.8. The fourth-order valence-electron chi connectivity index (χ4n) is 4.37. The summed E-state index contributed by atoms with van der Waals surface area (Å²) in [4.78, 5) is 28.4. The molecule has 2 fully saturated rings. The first-order chi connectivity index (χ1) is 17.9. The SMILES string of the molecule is C#CCO[C@@H]1[C@H](O)[C@H]2COP(=O)(O)OP(=O)(O)OC[C@H]3O[C@H]([C@H](O)[C@@H]3O)[n+]3cnc4c(ncn4[C@@H]1O2)c3N. The standard InChI is InChI=1S/C18H23N5O13P2/c1-2-3-31-14-12(25)9-5-33-38(29,30)36-37(27,28)32-4-8-11(24)13(26)17(34-8)22-7-21-16-10(15(22)19)20-6-23(16)18(14)35-9/h1,6-9,11-14,17-19,24-26H,3-5H2,(H2,27,28,29,30)/p+1/t8-,9-,11-,12-,13-,14-,17-,18-/m1/s1. The van der Waals surface area contributed by atoms with Crippen molar-refractivity contribution in [3.63, 3.8) is 0 Å². The predicted octanol–water partition coefficient (Wildman–Crippen LogP) is -2.54. The highest BCUT2D eigenvalue weighted by molar-refractivity contribution is 7.61. The maximum absolute atomic E-state index is 12.3. The quantitative estimate of drug-likeness (QED) is 0.122. The second-order valence-corrected chi connectivity index (χ2v) is 11.6. The lowest BCUT2D eigenvalue weighted by molar-refractivity contribution is -0.755. The monoisotopic (exact) mass is 580 g/mol. The molecule has 6 heterocycles. The highest BCUT2D eigenvalue weighted by Crippen LogP contribution is 2.60. The van der Waals surface area contributed by atoms with E-state index >= 15 is 0 Å². The smallest absolute Gasteiger partial charge is 0.387 e. The summed E-state index contributed by atoms with van der Waals surface area (Å²) in [5.41, 5.74) is 6.57. The van der Waals surface area contributed by atoms with E-state index in [2.05, 4.69) is 24.7 Å². The van der Waals surface area contributed by atoms with Crippen LogP contribution in [-0.4, -0.2) is 96.1 Å². The Morgan fingerprint density at radius 1 is 1.11 bits per heavy atom. The summed E-state index contributed by atoms with van der Waals surface area (Å²) >= 11 is 0. The molecule has 10 atom stereocenters. The number of nitrogens with two attached hydrogens (primary N) is 1. The molecule has 0 radical (unpaired) electrons. The molecule has 0 aliphatic carbocycles. The number of rotatable bonds is 2. The molecule has 20 heteroatoms. The maximum atomic E-state index is 12.3. The van der Waals surface area contributed by atoms with Crippen LogP contribution in [0, 0.1) is 12.3 Å². The number of phosphoric ester groups is 2. The van der Waals surface area contributed by atoms with Gasteiger partial charge in [-0.05, 0) is 0 Å². The molecule has 0 saturated carbocycles. The van der Waals surface area contributed by atoms with Gasteiger partial charge in [-0.1, -0.05) is 10.9 Å². The van der Waals surface area contributed by atoms with Crippen molar-refractivity contribution in [3.8, 4) is 12.3 Å². The zero-order valence-corrected chi connectivity index (χ0v) is 21.0. The second-order valence-electron chi connectivity index (χ2n) is 8.55. The number of aliphatic hydroxyl groups excluding tert-OH is 3. The van der Waals surface area contributed by atoms with E-state index in [-0.39, 0.29) is 23.6 Å². The Morgan fingerprint density at radius 2 is 1.76 bits per heavy atom. The third-order valence-electron chi connectivity index (χ3n) is 6.16.